The number of para-hydroxylation sites is 2. The molecule has 2 unspecified atom stereocenters. The van der Waals surface area contributed by atoms with Gasteiger partial charge in [0.25, 0.3) is 0 Å². The molecule has 0 amide bonds. The Kier molecular flexibility index (Phi) is 4.03. The maximum absolute atomic E-state index is 6.31. The molecule has 2 atom stereocenters. The monoisotopic (exact) mass is 303 g/mol. The van der Waals surface area contributed by atoms with E-state index in [1.54, 1.807) is 0 Å². The molecule has 0 radical (unpaired) electrons. The van der Waals surface area contributed by atoms with Crippen LogP contribution in [0.2, 0.25) is 0 Å². The van der Waals surface area contributed by atoms with Gasteiger partial charge in [0.15, 0.2) is 0 Å². The Bertz CT molecular complexity index is 643. The fourth-order valence-corrected chi connectivity index (χ4v) is 3.70. The molecule has 0 bridgehead atoms. The van der Waals surface area contributed by atoms with Crippen LogP contribution in [0, 0.1) is 12.8 Å². The number of nitrogens with one attached hydrogen (secondary N) is 1. The molecule has 0 saturated heterocycles. The molecule has 2 aromatic rings. The molecule has 3 nitrogen and oxygen atoms in total. The molecule has 1 aliphatic carbocycles. The van der Waals surface area contributed by atoms with E-state index in [1.165, 1.54) is 12.8 Å². The number of nitrogens with zero attached hydrogens (tertiary/aromatic N) is 2. The van der Waals surface area contributed by atoms with E-state index in [4.69, 9.17) is 16.6 Å². The summed E-state index contributed by atoms with van der Waals surface area (Å²) in [5.74, 6) is 2.20. The minimum absolute atomic E-state index is 0.0406. The van der Waals surface area contributed by atoms with Gasteiger partial charge in [0, 0.05) is 5.88 Å². The second-order valence-corrected chi connectivity index (χ2v) is 6.65. The second-order valence-electron chi connectivity index (χ2n) is 6.39. The number of benzene rings is 1. The first-order valence-electron chi connectivity index (χ1n) is 7.69. The maximum Gasteiger partial charge on any atom is 0.148 e. The van der Waals surface area contributed by atoms with E-state index in [9.17, 15) is 0 Å². The van der Waals surface area contributed by atoms with E-state index < -0.39 is 0 Å². The summed E-state index contributed by atoms with van der Waals surface area (Å²) in [7, 11) is 0. The van der Waals surface area contributed by atoms with Gasteiger partial charge in [-0.3, -0.25) is 0 Å². The molecule has 1 fully saturated rings. The third-order valence-electron chi connectivity index (χ3n) is 4.48. The SMILES string of the molecule is Cc1nc2ccccc2nc1NC1(CCl)CCCC(C)C1. The first kappa shape index (κ1) is 14.6. The molecule has 3 rings (SSSR count). The van der Waals surface area contributed by atoms with Gasteiger partial charge in [-0.1, -0.05) is 31.9 Å². The predicted octanol–water partition coefficient (Wildman–Crippen LogP) is 4.54. The lowest BCUT2D eigenvalue weighted by atomic mass is 9.77. The lowest BCUT2D eigenvalue weighted by Crippen LogP contribution is -2.44. The number of rotatable bonds is 3. The molecule has 1 saturated carbocycles. The maximum atomic E-state index is 6.31. The van der Waals surface area contributed by atoms with Gasteiger partial charge in [0.05, 0.1) is 22.3 Å². The minimum atomic E-state index is -0.0406. The summed E-state index contributed by atoms with van der Waals surface area (Å²) in [6, 6.07) is 7.99. The van der Waals surface area contributed by atoms with Crippen LogP contribution in [0.15, 0.2) is 24.3 Å². The van der Waals surface area contributed by atoms with Gasteiger partial charge >= 0.3 is 0 Å². The van der Waals surface area contributed by atoms with Crippen molar-refractivity contribution in [1.29, 1.82) is 0 Å². The number of halogens is 1. The zero-order valence-corrected chi connectivity index (χ0v) is 13.5. The van der Waals surface area contributed by atoms with Gasteiger partial charge in [-0.05, 0) is 37.8 Å². The highest BCUT2D eigenvalue weighted by Gasteiger charge is 2.35. The molecular weight excluding hydrogens is 282 g/mol. The predicted molar refractivity (Wildman–Crippen MR) is 89.0 cm³/mol. The van der Waals surface area contributed by atoms with E-state index in [2.05, 4.69) is 17.2 Å². The summed E-state index contributed by atoms with van der Waals surface area (Å²) < 4.78 is 0. The highest BCUT2D eigenvalue weighted by Crippen LogP contribution is 2.36. The number of aromatic nitrogens is 2. The van der Waals surface area contributed by atoms with Crippen LogP contribution < -0.4 is 5.32 Å². The molecule has 112 valence electrons. The molecule has 0 aliphatic heterocycles. The normalized spacial score (nSPS) is 26.0. The summed E-state index contributed by atoms with van der Waals surface area (Å²) in [6.07, 6.45) is 4.73. The van der Waals surface area contributed by atoms with Crippen molar-refractivity contribution in [1.82, 2.24) is 9.97 Å². The molecular formula is C17H22ClN3. The van der Waals surface area contributed by atoms with Gasteiger partial charge < -0.3 is 5.32 Å². The van der Waals surface area contributed by atoms with Crippen molar-refractivity contribution in [3.05, 3.63) is 30.0 Å². The van der Waals surface area contributed by atoms with Crippen molar-refractivity contribution in [2.24, 2.45) is 5.92 Å². The number of fused-ring (bicyclic) bond motifs is 1. The van der Waals surface area contributed by atoms with Crippen molar-refractivity contribution in [3.8, 4) is 0 Å². The van der Waals surface area contributed by atoms with Crippen LogP contribution in [0.1, 0.15) is 38.3 Å². The number of anilines is 1. The number of hydrogen-bond acceptors (Lipinski definition) is 3. The molecule has 1 aromatic heterocycles. The largest absolute Gasteiger partial charge is 0.362 e. The van der Waals surface area contributed by atoms with Crippen LogP contribution in [-0.2, 0) is 0 Å². The van der Waals surface area contributed by atoms with Crippen molar-refractivity contribution in [3.63, 3.8) is 0 Å². The van der Waals surface area contributed by atoms with Gasteiger partial charge in [0.2, 0.25) is 0 Å². The van der Waals surface area contributed by atoms with Crippen LogP contribution in [0.5, 0.6) is 0 Å². The zero-order chi connectivity index (χ0) is 14.9. The Morgan fingerprint density at radius 1 is 1.29 bits per heavy atom. The number of alkyl halides is 1. The molecule has 1 aliphatic rings. The van der Waals surface area contributed by atoms with Crippen LogP contribution in [0.4, 0.5) is 5.82 Å². The summed E-state index contributed by atoms with van der Waals surface area (Å²) in [5.41, 5.74) is 2.77. The van der Waals surface area contributed by atoms with E-state index in [1.807, 2.05) is 31.2 Å². The van der Waals surface area contributed by atoms with E-state index in [-0.39, 0.29) is 5.54 Å². The lowest BCUT2D eigenvalue weighted by molar-refractivity contribution is 0.279. The molecule has 1 heterocycles. The van der Waals surface area contributed by atoms with Gasteiger partial charge in [-0.2, -0.15) is 0 Å². The molecule has 4 heteroatoms. The number of aryl methyl sites for hydroxylation is 1. The minimum Gasteiger partial charge on any atom is -0.362 e. The molecule has 1 N–H and O–H groups in total. The van der Waals surface area contributed by atoms with Crippen LogP contribution in [0.3, 0.4) is 0 Å². The van der Waals surface area contributed by atoms with Gasteiger partial charge in [-0.15, -0.1) is 11.6 Å². The highest BCUT2D eigenvalue weighted by molar-refractivity contribution is 6.18. The molecule has 0 spiro atoms. The van der Waals surface area contributed by atoms with E-state index in [0.29, 0.717) is 11.8 Å². The van der Waals surface area contributed by atoms with Crippen LogP contribution in [-0.4, -0.2) is 21.4 Å². The summed E-state index contributed by atoms with van der Waals surface area (Å²) >= 11 is 6.31. The van der Waals surface area contributed by atoms with Crippen LogP contribution >= 0.6 is 11.6 Å². The summed E-state index contributed by atoms with van der Waals surface area (Å²) in [6.45, 7) is 4.32. The average Bonchev–Trinajstić information content (AvgIpc) is 2.48. The standard InChI is InChI=1S/C17H22ClN3/c1-12-6-5-9-17(10-12,11-18)21-16-13(2)19-14-7-3-4-8-15(14)20-16/h3-4,7-8,12H,5-6,9-11H2,1-2H3,(H,20,21). The average molecular weight is 304 g/mol. The highest BCUT2D eigenvalue weighted by atomic mass is 35.5. The Balaban J connectivity index is 1.94. The summed E-state index contributed by atoms with van der Waals surface area (Å²) in [5, 5.41) is 3.63. The molecule has 1 aromatic carbocycles. The van der Waals surface area contributed by atoms with Gasteiger partial charge in [0.1, 0.15) is 5.82 Å². The van der Waals surface area contributed by atoms with Crippen molar-refractivity contribution < 1.29 is 0 Å². The van der Waals surface area contributed by atoms with E-state index >= 15 is 0 Å². The van der Waals surface area contributed by atoms with Gasteiger partial charge in [-0.25, -0.2) is 9.97 Å². The smallest absolute Gasteiger partial charge is 0.148 e. The first-order chi connectivity index (χ1) is 10.1. The van der Waals surface area contributed by atoms with Crippen LogP contribution in [0.25, 0.3) is 11.0 Å². The van der Waals surface area contributed by atoms with Crippen molar-refractivity contribution in [2.75, 3.05) is 11.2 Å². The Morgan fingerprint density at radius 3 is 2.67 bits per heavy atom. The fraction of sp³-hybridized carbons (Fsp3) is 0.529. The third kappa shape index (κ3) is 2.98. The first-order valence-corrected chi connectivity index (χ1v) is 8.23. The number of hydrogen-bond donors (Lipinski definition) is 1. The lowest BCUT2D eigenvalue weighted by Gasteiger charge is -2.40. The molecule has 21 heavy (non-hydrogen) atoms. The zero-order valence-electron chi connectivity index (χ0n) is 12.7. The summed E-state index contributed by atoms with van der Waals surface area (Å²) in [4.78, 5) is 9.41. The topological polar surface area (TPSA) is 37.8 Å². The Morgan fingerprint density at radius 2 is 2.00 bits per heavy atom. The Hall–Kier alpha value is -1.35. The third-order valence-corrected chi connectivity index (χ3v) is 4.99. The van der Waals surface area contributed by atoms with E-state index in [0.717, 1.165) is 35.4 Å². The van der Waals surface area contributed by atoms with Crippen molar-refractivity contribution >= 4 is 28.5 Å². The quantitative estimate of drug-likeness (QED) is 0.846. The fourth-order valence-electron chi connectivity index (χ4n) is 3.39. The van der Waals surface area contributed by atoms with Crippen molar-refractivity contribution in [2.45, 2.75) is 45.1 Å². The Labute approximate surface area is 131 Å². The second kappa shape index (κ2) is 5.80.